The van der Waals surface area contributed by atoms with Gasteiger partial charge in [-0.3, -0.25) is 4.79 Å². The van der Waals surface area contributed by atoms with E-state index in [4.69, 9.17) is 9.84 Å². The van der Waals surface area contributed by atoms with Crippen LogP contribution in [0.5, 0.6) is 0 Å². The number of anilines is 1. The molecule has 1 N–H and O–H groups in total. The molecule has 3 rings (SSSR count). The van der Waals surface area contributed by atoms with Crippen LogP contribution in [0, 0.1) is 17.6 Å². The second-order valence-electron chi connectivity index (χ2n) is 5.97. The zero-order valence-electron chi connectivity index (χ0n) is 12.2. The Bertz CT molecular complexity index is 569. The monoisotopic (exact) mass is 311 g/mol. The van der Waals surface area contributed by atoms with Gasteiger partial charge in [0.2, 0.25) is 0 Å². The fourth-order valence-electron chi connectivity index (χ4n) is 3.14. The van der Waals surface area contributed by atoms with Gasteiger partial charge in [0, 0.05) is 24.8 Å². The second-order valence-corrected chi connectivity index (χ2v) is 5.97. The summed E-state index contributed by atoms with van der Waals surface area (Å²) >= 11 is 0. The van der Waals surface area contributed by atoms with Gasteiger partial charge in [0.05, 0.1) is 19.6 Å². The van der Waals surface area contributed by atoms with Gasteiger partial charge in [-0.25, -0.2) is 8.78 Å². The Labute approximate surface area is 127 Å². The van der Waals surface area contributed by atoms with Crippen LogP contribution < -0.4 is 4.90 Å². The first kappa shape index (κ1) is 15.2. The molecule has 2 fully saturated rings. The Kier molecular flexibility index (Phi) is 4.29. The summed E-state index contributed by atoms with van der Waals surface area (Å²) < 4.78 is 32.7. The molecule has 1 aliphatic carbocycles. The van der Waals surface area contributed by atoms with E-state index in [0.717, 1.165) is 12.8 Å². The van der Waals surface area contributed by atoms with Crippen molar-refractivity contribution in [2.75, 3.05) is 31.2 Å². The maximum Gasteiger partial charge on any atom is 0.303 e. The van der Waals surface area contributed by atoms with Crippen LogP contribution in [0.4, 0.5) is 14.5 Å². The second kappa shape index (κ2) is 6.20. The van der Waals surface area contributed by atoms with Crippen molar-refractivity contribution in [3.8, 4) is 0 Å². The largest absolute Gasteiger partial charge is 0.481 e. The average molecular weight is 311 g/mol. The van der Waals surface area contributed by atoms with Crippen LogP contribution in [-0.4, -0.2) is 37.4 Å². The van der Waals surface area contributed by atoms with Gasteiger partial charge < -0.3 is 14.7 Å². The molecule has 0 amide bonds. The van der Waals surface area contributed by atoms with Crippen molar-refractivity contribution in [3.63, 3.8) is 0 Å². The first-order chi connectivity index (χ1) is 10.6. The number of halogens is 2. The molecule has 1 saturated heterocycles. The van der Waals surface area contributed by atoms with E-state index >= 15 is 0 Å². The number of carboxylic acids is 1. The molecule has 1 aromatic rings. The topological polar surface area (TPSA) is 49.8 Å². The molecule has 0 aromatic heterocycles. The van der Waals surface area contributed by atoms with Crippen LogP contribution in [0.1, 0.15) is 30.7 Å². The number of ether oxygens (including phenoxy) is 1. The van der Waals surface area contributed by atoms with Crippen molar-refractivity contribution in [1.82, 2.24) is 0 Å². The summed E-state index contributed by atoms with van der Waals surface area (Å²) in [5.74, 6) is -2.72. The van der Waals surface area contributed by atoms with E-state index in [9.17, 15) is 13.6 Å². The van der Waals surface area contributed by atoms with Crippen LogP contribution in [0.2, 0.25) is 0 Å². The summed E-state index contributed by atoms with van der Waals surface area (Å²) in [5.41, 5.74) is 1.23. The highest BCUT2D eigenvalue weighted by Crippen LogP contribution is 2.47. The summed E-state index contributed by atoms with van der Waals surface area (Å²) in [6, 6.07) is 2.39. The first-order valence-corrected chi connectivity index (χ1v) is 7.59. The highest BCUT2D eigenvalue weighted by atomic mass is 19.2. The Morgan fingerprint density at radius 3 is 2.50 bits per heavy atom. The van der Waals surface area contributed by atoms with Gasteiger partial charge in [0.25, 0.3) is 0 Å². The molecule has 1 aromatic carbocycles. The summed E-state index contributed by atoms with van der Waals surface area (Å²) in [6.45, 7) is 2.27. The van der Waals surface area contributed by atoms with Gasteiger partial charge in [0.1, 0.15) is 0 Å². The molecule has 1 heterocycles. The molecule has 2 aliphatic rings. The average Bonchev–Trinajstić information content (AvgIpc) is 3.33. The maximum atomic E-state index is 13.7. The van der Waals surface area contributed by atoms with E-state index in [2.05, 4.69) is 0 Å². The van der Waals surface area contributed by atoms with Crippen LogP contribution in [0.25, 0.3) is 0 Å². The zero-order valence-corrected chi connectivity index (χ0v) is 12.2. The smallest absolute Gasteiger partial charge is 0.303 e. The Morgan fingerprint density at radius 2 is 1.91 bits per heavy atom. The third-order valence-corrected chi connectivity index (χ3v) is 4.41. The highest BCUT2D eigenvalue weighted by Gasteiger charge is 2.36. The number of benzene rings is 1. The van der Waals surface area contributed by atoms with E-state index in [1.165, 1.54) is 12.1 Å². The lowest BCUT2D eigenvalue weighted by molar-refractivity contribution is -0.137. The zero-order chi connectivity index (χ0) is 15.7. The quantitative estimate of drug-likeness (QED) is 0.908. The van der Waals surface area contributed by atoms with Gasteiger partial charge in [-0.15, -0.1) is 0 Å². The lowest BCUT2D eigenvalue weighted by Gasteiger charge is -2.32. The number of hydrogen-bond acceptors (Lipinski definition) is 3. The van der Waals surface area contributed by atoms with E-state index in [-0.39, 0.29) is 18.3 Å². The summed E-state index contributed by atoms with van der Waals surface area (Å²) in [6.07, 6.45) is 1.84. The molecule has 1 saturated carbocycles. The fraction of sp³-hybridized carbons (Fsp3) is 0.562. The predicted octanol–water partition coefficient (Wildman–Crippen LogP) is 2.77. The SMILES string of the molecule is O=C(O)CC(c1cc(F)c(F)cc1N1CCOCC1)C1CC1. The molecule has 120 valence electrons. The molecule has 6 heteroatoms. The molecule has 0 spiro atoms. The molecule has 1 aliphatic heterocycles. The van der Waals surface area contributed by atoms with Crippen molar-refractivity contribution >= 4 is 11.7 Å². The standard InChI is InChI=1S/C16H19F2NO3/c17-13-7-12(11(8-16(20)21)10-1-2-10)15(9-14(13)18)19-3-5-22-6-4-19/h7,9-11H,1-6,8H2,(H,20,21). The molecular weight excluding hydrogens is 292 g/mol. The van der Waals surface area contributed by atoms with Crippen LogP contribution in [-0.2, 0) is 9.53 Å². The predicted molar refractivity (Wildman–Crippen MR) is 77.1 cm³/mol. The number of aliphatic carboxylic acids is 1. The van der Waals surface area contributed by atoms with Crippen molar-refractivity contribution in [2.24, 2.45) is 5.92 Å². The van der Waals surface area contributed by atoms with Crippen molar-refractivity contribution < 1.29 is 23.4 Å². The maximum absolute atomic E-state index is 13.7. The molecule has 1 atom stereocenters. The molecule has 0 bridgehead atoms. The van der Waals surface area contributed by atoms with Gasteiger partial charge in [-0.2, -0.15) is 0 Å². The summed E-state index contributed by atoms with van der Waals surface area (Å²) in [5, 5.41) is 9.15. The summed E-state index contributed by atoms with van der Waals surface area (Å²) in [7, 11) is 0. The van der Waals surface area contributed by atoms with Crippen molar-refractivity contribution in [3.05, 3.63) is 29.3 Å². The van der Waals surface area contributed by atoms with Crippen LogP contribution in [0.15, 0.2) is 12.1 Å². The van der Waals surface area contributed by atoms with Gasteiger partial charge >= 0.3 is 5.97 Å². The van der Waals surface area contributed by atoms with E-state index in [1.54, 1.807) is 0 Å². The number of morpholine rings is 1. The Balaban J connectivity index is 1.99. The molecule has 22 heavy (non-hydrogen) atoms. The van der Waals surface area contributed by atoms with E-state index < -0.39 is 17.6 Å². The summed E-state index contributed by atoms with van der Waals surface area (Å²) in [4.78, 5) is 13.1. The van der Waals surface area contributed by atoms with Gasteiger partial charge in [-0.1, -0.05) is 0 Å². The number of carboxylic acid groups (broad SMARTS) is 1. The van der Waals surface area contributed by atoms with Gasteiger partial charge in [0.15, 0.2) is 11.6 Å². The normalized spacial score (nSPS) is 20.0. The van der Waals surface area contributed by atoms with Crippen LogP contribution >= 0.6 is 0 Å². The lowest BCUT2D eigenvalue weighted by atomic mass is 9.89. The highest BCUT2D eigenvalue weighted by molar-refractivity contribution is 5.69. The van der Waals surface area contributed by atoms with Crippen LogP contribution in [0.3, 0.4) is 0 Å². The first-order valence-electron chi connectivity index (χ1n) is 7.59. The molecule has 1 unspecified atom stereocenters. The van der Waals surface area contributed by atoms with E-state index in [0.29, 0.717) is 37.6 Å². The molecule has 0 radical (unpaired) electrons. The Morgan fingerprint density at radius 1 is 1.27 bits per heavy atom. The third kappa shape index (κ3) is 3.21. The minimum atomic E-state index is -0.914. The van der Waals surface area contributed by atoms with Crippen molar-refractivity contribution in [1.29, 1.82) is 0 Å². The molecular formula is C16H19F2NO3. The number of carbonyl (C=O) groups is 1. The van der Waals surface area contributed by atoms with E-state index in [1.807, 2.05) is 4.90 Å². The molecule has 4 nitrogen and oxygen atoms in total. The third-order valence-electron chi connectivity index (χ3n) is 4.41. The number of nitrogens with zero attached hydrogens (tertiary/aromatic N) is 1. The van der Waals surface area contributed by atoms with Crippen molar-refractivity contribution in [2.45, 2.75) is 25.2 Å². The minimum absolute atomic E-state index is 0.0485. The number of rotatable bonds is 5. The van der Waals surface area contributed by atoms with Gasteiger partial charge in [-0.05, 0) is 36.3 Å². The fourth-order valence-corrected chi connectivity index (χ4v) is 3.14. The number of hydrogen-bond donors (Lipinski definition) is 1. The Hall–Kier alpha value is -1.69. The lowest BCUT2D eigenvalue weighted by Crippen LogP contribution is -2.37. The minimum Gasteiger partial charge on any atom is -0.481 e.